The van der Waals surface area contributed by atoms with Crippen LogP contribution in [0.5, 0.6) is 5.75 Å². The summed E-state index contributed by atoms with van der Waals surface area (Å²) >= 11 is 0. The summed E-state index contributed by atoms with van der Waals surface area (Å²) in [5, 5.41) is 15.3. The van der Waals surface area contributed by atoms with Crippen LogP contribution in [0.3, 0.4) is 0 Å². The zero-order valence-corrected chi connectivity index (χ0v) is 20.8. The van der Waals surface area contributed by atoms with Crippen LogP contribution in [0.25, 0.3) is 22.2 Å². The van der Waals surface area contributed by atoms with Gasteiger partial charge in [-0.05, 0) is 70.6 Å². The van der Waals surface area contributed by atoms with E-state index in [0.717, 1.165) is 18.7 Å². The molecule has 1 aliphatic carbocycles. The minimum Gasteiger partial charge on any atom is -0.507 e. The van der Waals surface area contributed by atoms with Crippen molar-refractivity contribution in [1.82, 2.24) is 20.2 Å². The Hall–Kier alpha value is -3.13. The van der Waals surface area contributed by atoms with Gasteiger partial charge in [-0.2, -0.15) is 0 Å². The first kappa shape index (κ1) is 22.3. The van der Waals surface area contributed by atoms with Gasteiger partial charge in [0, 0.05) is 48.2 Å². The van der Waals surface area contributed by atoms with Crippen molar-refractivity contribution in [2.24, 2.45) is 0 Å². The highest BCUT2D eigenvalue weighted by Gasteiger charge is 2.51. The monoisotopic (exact) mass is 475 g/mol. The predicted octanol–water partition coefficient (Wildman–Crippen LogP) is 4.33. The number of piperidine rings is 1. The van der Waals surface area contributed by atoms with Gasteiger partial charge in [0.1, 0.15) is 17.2 Å². The standard InChI is InChI=1S/C27H33N5O3/c1-26-7-8-27(2,30-26)13-18(12-26)32(17-5-6-17)24-15-28-20(14-29-24)19-11-22-16(9-21(19)33)10-23(35-22)25(34)31(3)4/h9-11,14-15,17-18,30,33H,5-8,12-13H2,1-4H3/t18?,26-,27+. The smallest absolute Gasteiger partial charge is 0.289 e. The van der Waals surface area contributed by atoms with E-state index in [1.807, 2.05) is 6.20 Å². The number of carbonyl (C=O) groups excluding carboxylic acids is 1. The largest absolute Gasteiger partial charge is 0.507 e. The van der Waals surface area contributed by atoms with E-state index in [1.165, 1.54) is 30.6 Å². The number of hydrogen-bond acceptors (Lipinski definition) is 7. The number of furan rings is 1. The number of fused-ring (bicyclic) bond motifs is 3. The molecule has 1 aromatic carbocycles. The number of anilines is 1. The average Bonchev–Trinajstić information content (AvgIpc) is 3.50. The molecule has 3 aromatic rings. The third kappa shape index (κ3) is 3.93. The molecule has 2 N–H and O–H groups in total. The Morgan fingerprint density at radius 3 is 2.37 bits per heavy atom. The second-order valence-electron chi connectivity index (χ2n) is 11.4. The molecule has 2 aliphatic heterocycles. The summed E-state index contributed by atoms with van der Waals surface area (Å²) in [6.07, 6.45) is 10.7. The topological polar surface area (TPSA) is 94.7 Å². The molecule has 4 heterocycles. The fourth-order valence-electron chi connectivity index (χ4n) is 6.24. The number of aromatic nitrogens is 2. The summed E-state index contributed by atoms with van der Waals surface area (Å²) in [5.74, 6) is 1.01. The predicted molar refractivity (Wildman–Crippen MR) is 135 cm³/mol. The quantitative estimate of drug-likeness (QED) is 0.567. The second kappa shape index (κ2) is 7.68. The van der Waals surface area contributed by atoms with Gasteiger partial charge >= 0.3 is 0 Å². The van der Waals surface area contributed by atoms with E-state index in [0.29, 0.717) is 34.3 Å². The number of amides is 1. The van der Waals surface area contributed by atoms with E-state index in [-0.39, 0.29) is 28.5 Å². The molecule has 3 fully saturated rings. The summed E-state index contributed by atoms with van der Waals surface area (Å²) in [4.78, 5) is 25.8. The van der Waals surface area contributed by atoms with Crippen LogP contribution < -0.4 is 10.2 Å². The van der Waals surface area contributed by atoms with Crippen LogP contribution in [-0.2, 0) is 0 Å². The first-order chi connectivity index (χ1) is 16.6. The molecule has 3 atom stereocenters. The summed E-state index contributed by atoms with van der Waals surface area (Å²) in [5.41, 5.74) is 2.02. The van der Waals surface area contributed by atoms with Gasteiger partial charge in [-0.1, -0.05) is 0 Å². The third-order valence-electron chi connectivity index (χ3n) is 7.97. The minimum atomic E-state index is -0.222. The maximum Gasteiger partial charge on any atom is 0.289 e. The molecule has 3 aliphatic rings. The Labute approximate surface area is 205 Å². The number of nitrogens with zero attached hydrogens (tertiary/aromatic N) is 4. The zero-order chi connectivity index (χ0) is 24.5. The van der Waals surface area contributed by atoms with Gasteiger partial charge in [-0.3, -0.25) is 9.78 Å². The number of aromatic hydroxyl groups is 1. The molecule has 1 unspecified atom stereocenters. The average molecular weight is 476 g/mol. The molecule has 1 saturated carbocycles. The highest BCUT2D eigenvalue weighted by Crippen LogP contribution is 2.46. The van der Waals surface area contributed by atoms with E-state index >= 15 is 0 Å². The van der Waals surface area contributed by atoms with Crippen molar-refractivity contribution >= 4 is 22.7 Å². The molecule has 8 heteroatoms. The lowest BCUT2D eigenvalue weighted by atomic mass is 9.84. The number of nitrogens with one attached hydrogen (secondary N) is 1. The van der Waals surface area contributed by atoms with E-state index in [9.17, 15) is 9.90 Å². The number of phenolic OH excluding ortho intramolecular Hbond substituents is 1. The first-order valence-corrected chi connectivity index (χ1v) is 12.5. The lowest BCUT2D eigenvalue weighted by Gasteiger charge is -2.46. The number of benzene rings is 1. The van der Waals surface area contributed by atoms with E-state index in [2.05, 4.69) is 24.1 Å². The van der Waals surface area contributed by atoms with Gasteiger partial charge in [0.15, 0.2) is 5.76 Å². The van der Waals surface area contributed by atoms with Gasteiger partial charge in [0.25, 0.3) is 5.91 Å². The van der Waals surface area contributed by atoms with Gasteiger partial charge in [-0.25, -0.2) is 4.98 Å². The van der Waals surface area contributed by atoms with Crippen LogP contribution >= 0.6 is 0 Å². The highest BCUT2D eigenvalue weighted by atomic mass is 16.3. The zero-order valence-electron chi connectivity index (χ0n) is 20.8. The number of hydrogen-bond donors (Lipinski definition) is 2. The van der Waals surface area contributed by atoms with Crippen LogP contribution in [0.1, 0.15) is 62.9 Å². The molecule has 8 nitrogen and oxygen atoms in total. The summed E-state index contributed by atoms with van der Waals surface area (Å²) in [7, 11) is 3.35. The van der Waals surface area contributed by atoms with Crippen molar-refractivity contribution in [2.45, 2.75) is 75.5 Å². The Kier molecular flexibility index (Phi) is 4.90. The maximum atomic E-state index is 12.3. The Balaban J connectivity index is 1.30. The second-order valence-corrected chi connectivity index (χ2v) is 11.4. The van der Waals surface area contributed by atoms with Crippen LogP contribution in [0.15, 0.2) is 35.0 Å². The number of rotatable bonds is 5. The maximum absolute atomic E-state index is 12.3. The molecular weight excluding hydrogens is 442 g/mol. The Bertz CT molecular complexity index is 1280. The molecule has 2 saturated heterocycles. The van der Waals surface area contributed by atoms with Crippen molar-refractivity contribution in [2.75, 3.05) is 19.0 Å². The van der Waals surface area contributed by atoms with Crippen LogP contribution in [0.4, 0.5) is 5.82 Å². The molecule has 2 bridgehead atoms. The first-order valence-electron chi connectivity index (χ1n) is 12.5. The molecule has 6 rings (SSSR count). The SMILES string of the molecule is CN(C)C(=O)c1cc2cc(O)c(-c3cnc(N(C4CC4)C4C[C@]5(C)CC[C@](C)(C4)N5)cn3)cc2o1. The van der Waals surface area contributed by atoms with Crippen molar-refractivity contribution in [3.63, 3.8) is 0 Å². The molecule has 35 heavy (non-hydrogen) atoms. The lowest BCUT2D eigenvalue weighted by molar-refractivity contribution is 0.0799. The molecule has 0 radical (unpaired) electrons. The Morgan fingerprint density at radius 1 is 1.06 bits per heavy atom. The van der Waals surface area contributed by atoms with Crippen molar-refractivity contribution in [3.05, 3.63) is 36.4 Å². The molecule has 184 valence electrons. The summed E-state index contributed by atoms with van der Waals surface area (Å²) in [6, 6.07) is 5.97. The van der Waals surface area contributed by atoms with Crippen molar-refractivity contribution < 1.29 is 14.3 Å². The Morgan fingerprint density at radius 2 is 1.77 bits per heavy atom. The van der Waals surface area contributed by atoms with Crippen LogP contribution in [0.2, 0.25) is 0 Å². The van der Waals surface area contributed by atoms with Crippen LogP contribution in [0, 0.1) is 0 Å². The van der Waals surface area contributed by atoms with E-state index in [1.54, 1.807) is 38.5 Å². The van der Waals surface area contributed by atoms with Crippen LogP contribution in [-0.4, -0.2) is 63.1 Å². The summed E-state index contributed by atoms with van der Waals surface area (Å²) in [6.45, 7) is 4.71. The van der Waals surface area contributed by atoms with E-state index < -0.39 is 0 Å². The van der Waals surface area contributed by atoms with Gasteiger partial charge in [0.05, 0.1) is 18.1 Å². The van der Waals surface area contributed by atoms with Crippen molar-refractivity contribution in [1.29, 1.82) is 0 Å². The fraction of sp³-hybridized carbons (Fsp3) is 0.519. The van der Waals surface area contributed by atoms with Crippen molar-refractivity contribution in [3.8, 4) is 17.0 Å². The highest BCUT2D eigenvalue weighted by molar-refractivity contribution is 5.97. The molecular formula is C27H33N5O3. The number of carbonyl (C=O) groups is 1. The minimum absolute atomic E-state index is 0.0824. The van der Waals surface area contributed by atoms with Gasteiger partial charge in [0.2, 0.25) is 0 Å². The van der Waals surface area contributed by atoms with Gasteiger partial charge < -0.3 is 24.6 Å². The number of phenols is 1. The summed E-state index contributed by atoms with van der Waals surface area (Å²) < 4.78 is 5.77. The molecule has 0 spiro atoms. The molecule has 1 amide bonds. The van der Waals surface area contributed by atoms with E-state index in [4.69, 9.17) is 14.4 Å². The van der Waals surface area contributed by atoms with Gasteiger partial charge in [-0.15, -0.1) is 0 Å². The third-order valence-corrected chi connectivity index (χ3v) is 7.97. The lowest BCUT2D eigenvalue weighted by Crippen LogP contribution is -2.59. The molecule has 2 aromatic heterocycles. The normalized spacial score (nSPS) is 27.8. The fourth-order valence-corrected chi connectivity index (χ4v) is 6.24.